The van der Waals surface area contributed by atoms with E-state index < -0.39 is 0 Å². The Bertz CT molecular complexity index is 954. The highest BCUT2D eigenvalue weighted by atomic mass is 79.9. The van der Waals surface area contributed by atoms with E-state index in [1.165, 1.54) is 0 Å². The van der Waals surface area contributed by atoms with E-state index in [4.69, 9.17) is 5.11 Å². The van der Waals surface area contributed by atoms with Gasteiger partial charge < -0.3 is 15.7 Å². The number of anilines is 1. The molecule has 0 aliphatic carbocycles. The van der Waals surface area contributed by atoms with E-state index in [-0.39, 0.29) is 12.5 Å². The number of aliphatic hydroxyl groups excluding tert-OH is 1. The third-order valence-electron chi connectivity index (χ3n) is 3.97. The maximum absolute atomic E-state index is 12.1. The molecule has 3 rings (SSSR count). The van der Waals surface area contributed by atoms with Crippen LogP contribution in [0, 0.1) is 6.92 Å². The van der Waals surface area contributed by atoms with Crippen molar-refractivity contribution in [2.24, 2.45) is 0 Å². The molecule has 0 spiro atoms. The van der Waals surface area contributed by atoms with E-state index >= 15 is 0 Å². The Labute approximate surface area is 159 Å². The molecule has 1 amide bonds. The first-order chi connectivity index (χ1) is 12.5. The maximum Gasteiger partial charge on any atom is 0.251 e. The molecule has 3 aromatic rings. The summed E-state index contributed by atoms with van der Waals surface area (Å²) in [4.78, 5) is 16.6. The third-order valence-corrected chi connectivity index (χ3v) is 4.36. The number of amides is 1. The molecule has 0 aliphatic heterocycles. The van der Waals surface area contributed by atoms with Crippen LogP contribution in [-0.2, 0) is 0 Å². The zero-order chi connectivity index (χ0) is 18.7. The van der Waals surface area contributed by atoms with Gasteiger partial charge in [0.05, 0.1) is 24.2 Å². The lowest BCUT2D eigenvalue weighted by atomic mass is 10.0. The minimum Gasteiger partial charge on any atom is -0.395 e. The fraction of sp³-hybridized carbons (Fsp3) is 0.278. The second kappa shape index (κ2) is 7.84. The molecule has 3 N–H and O–H groups in total. The normalized spacial score (nSPS) is 10.9. The van der Waals surface area contributed by atoms with Gasteiger partial charge in [-0.2, -0.15) is 5.10 Å². The lowest BCUT2D eigenvalue weighted by Crippen LogP contribution is -2.23. The van der Waals surface area contributed by atoms with Gasteiger partial charge in [-0.3, -0.25) is 4.79 Å². The van der Waals surface area contributed by atoms with Crippen LogP contribution in [0.4, 0.5) is 5.69 Å². The number of nitrogens with zero attached hydrogens (tertiary/aromatic N) is 3. The van der Waals surface area contributed by atoms with Crippen LogP contribution >= 0.6 is 15.9 Å². The van der Waals surface area contributed by atoms with E-state index in [2.05, 4.69) is 36.6 Å². The first-order valence-electron chi connectivity index (χ1n) is 8.33. The molecule has 0 bridgehead atoms. The van der Waals surface area contributed by atoms with Gasteiger partial charge >= 0.3 is 0 Å². The highest BCUT2D eigenvalue weighted by Gasteiger charge is 2.14. The van der Waals surface area contributed by atoms with Crippen molar-refractivity contribution >= 4 is 33.2 Å². The summed E-state index contributed by atoms with van der Waals surface area (Å²) in [6.07, 6.45) is 1.75. The molecule has 0 saturated heterocycles. The third kappa shape index (κ3) is 3.56. The van der Waals surface area contributed by atoms with Gasteiger partial charge in [0.25, 0.3) is 5.91 Å². The molecule has 0 unspecified atom stereocenters. The molecule has 1 aromatic carbocycles. The number of nitrogens with one attached hydrogen (secondary N) is 2. The fourth-order valence-corrected chi connectivity index (χ4v) is 3.18. The maximum atomic E-state index is 12.1. The molecule has 0 atom stereocenters. The summed E-state index contributed by atoms with van der Waals surface area (Å²) in [6.45, 7) is 4.85. The minimum absolute atomic E-state index is 0.0279. The standard InChI is InChI=1S/C18H20BrN5O2/c1-3-20-18(26)13-5-4-12(8-11(13)2)15-10-22-17-14(21-6-7-25)9-16(19)23-24(15)17/h4-5,8-10,21,25H,3,6-7H2,1-2H3,(H,20,26). The van der Waals surface area contributed by atoms with Crippen molar-refractivity contribution < 1.29 is 9.90 Å². The number of carbonyl (C=O) groups excluding carboxylic acids is 1. The topological polar surface area (TPSA) is 91.5 Å². The zero-order valence-corrected chi connectivity index (χ0v) is 16.2. The predicted molar refractivity (Wildman–Crippen MR) is 104 cm³/mol. The Kier molecular flexibility index (Phi) is 5.53. The molecule has 0 saturated carbocycles. The first-order valence-corrected chi connectivity index (χ1v) is 9.12. The highest BCUT2D eigenvalue weighted by Crippen LogP contribution is 2.27. The van der Waals surface area contributed by atoms with Crippen LogP contribution in [0.2, 0.25) is 0 Å². The molecule has 7 nitrogen and oxygen atoms in total. The SMILES string of the molecule is CCNC(=O)c1ccc(-c2cnc3c(NCCO)cc(Br)nn23)cc1C. The molecule has 2 aromatic heterocycles. The number of hydrogen-bond donors (Lipinski definition) is 3. The van der Waals surface area contributed by atoms with Crippen molar-refractivity contribution in [3.05, 3.63) is 46.2 Å². The average molecular weight is 418 g/mol. The summed E-state index contributed by atoms with van der Waals surface area (Å²) < 4.78 is 2.39. The van der Waals surface area contributed by atoms with Crippen LogP contribution in [-0.4, -0.2) is 45.3 Å². The summed E-state index contributed by atoms with van der Waals surface area (Å²) in [5.41, 5.74) is 4.73. The highest BCUT2D eigenvalue weighted by molar-refractivity contribution is 9.10. The van der Waals surface area contributed by atoms with E-state index in [0.717, 1.165) is 22.5 Å². The molecule has 8 heteroatoms. The van der Waals surface area contributed by atoms with Crippen LogP contribution in [0.1, 0.15) is 22.8 Å². The molecule has 0 aliphatic rings. The Hall–Kier alpha value is -2.45. The van der Waals surface area contributed by atoms with Gasteiger partial charge in [0, 0.05) is 24.2 Å². The average Bonchev–Trinajstić information content (AvgIpc) is 3.03. The van der Waals surface area contributed by atoms with Crippen molar-refractivity contribution in [1.29, 1.82) is 0 Å². The second-order valence-electron chi connectivity index (χ2n) is 5.80. The lowest BCUT2D eigenvalue weighted by Gasteiger charge is -2.10. The minimum atomic E-state index is -0.0777. The van der Waals surface area contributed by atoms with Crippen molar-refractivity contribution in [2.75, 3.05) is 25.0 Å². The summed E-state index contributed by atoms with van der Waals surface area (Å²) in [5.74, 6) is -0.0777. The molecular formula is C18H20BrN5O2. The quantitative estimate of drug-likeness (QED) is 0.573. The number of fused-ring (bicyclic) bond motifs is 1. The van der Waals surface area contributed by atoms with Gasteiger partial charge in [-0.1, -0.05) is 6.07 Å². The largest absolute Gasteiger partial charge is 0.395 e. The number of imidazole rings is 1. The first kappa shape index (κ1) is 18.3. The van der Waals surface area contributed by atoms with Crippen LogP contribution in [0.5, 0.6) is 0 Å². The molecule has 26 heavy (non-hydrogen) atoms. The summed E-state index contributed by atoms with van der Waals surface area (Å²) in [6, 6.07) is 7.49. The smallest absolute Gasteiger partial charge is 0.251 e. The molecule has 0 fully saturated rings. The Morgan fingerprint density at radius 2 is 2.15 bits per heavy atom. The zero-order valence-electron chi connectivity index (χ0n) is 14.6. The molecule has 2 heterocycles. The van der Waals surface area contributed by atoms with Crippen LogP contribution < -0.4 is 10.6 Å². The van der Waals surface area contributed by atoms with Crippen molar-refractivity contribution in [1.82, 2.24) is 19.9 Å². The second-order valence-corrected chi connectivity index (χ2v) is 6.61. The molecule has 136 valence electrons. The van der Waals surface area contributed by atoms with Gasteiger partial charge in [-0.05, 0) is 53.5 Å². The summed E-state index contributed by atoms with van der Waals surface area (Å²) in [7, 11) is 0. The number of aliphatic hydroxyl groups is 1. The van der Waals surface area contributed by atoms with Gasteiger partial charge in [-0.15, -0.1) is 0 Å². The van der Waals surface area contributed by atoms with Gasteiger partial charge in [0.1, 0.15) is 4.60 Å². The fourth-order valence-electron chi connectivity index (χ4n) is 2.79. The Balaban J connectivity index is 2.04. The number of halogens is 1. The lowest BCUT2D eigenvalue weighted by molar-refractivity contribution is 0.0955. The number of carbonyl (C=O) groups is 1. The van der Waals surface area contributed by atoms with Gasteiger partial charge in [0.15, 0.2) is 5.65 Å². The van der Waals surface area contributed by atoms with Gasteiger partial charge in [0.2, 0.25) is 0 Å². The predicted octanol–water partition coefficient (Wildman–Crippen LogP) is 2.62. The van der Waals surface area contributed by atoms with Gasteiger partial charge in [-0.25, -0.2) is 9.50 Å². The number of hydrogen-bond acceptors (Lipinski definition) is 5. The Morgan fingerprint density at radius 3 is 2.85 bits per heavy atom. The number of aryl methyl sites for hydroxylation is 1. The number of rotatable bonds is 6. The van der Waals surface area contributed by atoms with E-state index in [1.54, 1.807) is 10.7 Å². The van der Waals surface area contributed by atoms with Crippen molar-refractivity contribution in [2.45, 2.75) is 13.8 Å². The summed E-state index contributed by atoms with van der Waals surface area (Å²) >= 11 is 3.41. The monoisotopic (exact) mass is 417 g/mol. The molecule has 0 radical (unpaired) electrons. The van der Waals surface area contributed by atoms with Crippen LogP contribution in [0.25, 0.3) is 16.9 Å². The van der Waals surface area contributed by atoms with Crippen molar-refractivity contribution in [3.8, 4) is 11.3 Å². The van der Waals surface area contributed by atoms with Crippen molar-refractivity contribution in [3.63, 3.8) is 0 Å². The summed E-state index contributed by atoms with van der Waals surface area (Å²) in [5, 5.41) is 19.5. The number of benzene rings is 1. The van der Waals surface area contributed by atoms with Crippen LogP contribution in [0.15, 0.2) is 35.1 Å². The van der Waals surface area contributed by atoms with E-state index in [9.17, 15) is 4.79 Å². The van der Waals surface area contributed by atoms with E-state index in [0.29, 0.717) is 28.9 Å². The van der Waals surface area contributed by atoms with E-state index in [1.807, 2.05) is 38.1 Å². The molecular weight excluding hydrogens is 398 g/mol. The Morgan fingerprint density at radius 1 is 1.35 bits per heavy atom. The number of aromatic nitrogens is 3. The van der Waals surface area contributed by atoms with Crippen LogP contribution in [0.3, 0.4) is 0 Å².